The highest BCUT2D eigenvalue weighted by molar-refractivity contribution is 5.82. The summed E-state index contributed by atoms with van der Waals surface area (Å²) in [6.07, 6.45) is 12.7. The summed E-state index contributed by atoms with van der Waals surface area (Å²) in [4.78, 5) is 7.61. The molecule has 6 heteroatoms. The summed E-state index contributed by atoms with van der Waals surface area (Å²) >= 11 is 0. The van der Waals surface area contributed by atoms with Gasteiger partial charge in [0.2, 0.25) is 0 Å². The van der Waals surface area contributed by atoms with E-state index in [4.69, 9.17) is 4.74 Å². The third-order valence-electron chi connectivity index (χ3n) is 5.11. The van der Waals surface area contributed by atoms with E-state index in [0.717, 1.165) is 40.2 Å². The summed E-state index contributed by atoms with van der Waals surface area (Å²) in [6, 6.07) is 5.49. The fourth-order valence-corrected chi connectivity index (χ4v) is 3.87. The molecule has 0 spiro atoms. The Morgan fingerprint density at radius 3 is 3.08 bits per heavy atom. The van der Waals surface area contributed by atoms with E-state index in [0.29, 0.717) is 5.75 Å². The van der Waals surface area contributed by atoms with Crippen LogP contribution in [0.4, 0.5) is 0 Å². The molecule has 0 saturated heterocycles. The zero-order valence-corrected chi connectivity index (χ0v) is 14.2. The number of nitrogens with zero attached hydrogens (tertiary/aromatic N) is 2. The first-order valence-corrected chi connectivity index (χ1v) is 8.51. The molecule has 3 heterocycles. The number of hydrazine groups is 1. The Morgan fingerprint density at radius 2 is 2.23 bits per heavy atom. The van der Waals surface area contributed by atoms with Crippen molar-refractivity contribution in [3.63, 3.8) is 0 Å². The van der Waals surface area contributed by atoms with Crippen molar-refractivity contribution in [1.29, 1.82) is 0 Å². The molecule has 2 aliphatic heterocycles. The van der Waals surface area contributed by atoms with Gasteiger partial charge in [0.05, 0.1) is 24.7 Å². The van der Waals surface area contributed by atoms with E-state index in [1.165, 1.54) is 0 Å². The van der Waals surface area contributed by atoms with E-state index in [-0.39, 0.29) is 11.7 Å². The van der Waals surface area contributed by atoms with Crippen LogP contribution in [0.15, 0.2) is 53.4 Å². The van der Waals surface area contributed by atoms with Crippen LogP contribution in [0.1, 0.15) is 34.7 Å². The maximum Gasteiger partial charge on any atom is 0.123 e. The SMILES string of the molecule is COc1ccc(C2CC=C3c4c(c[nH]c42)C=CC2=CN=CNN23)c(O)c1. The second kappa shape index (κ2) is 5.56. The van der Waals surface area contributed by atoms with Crippen molar-refractivity contribution in [2.24, 2.45) is 4.99 Å². The number of ether oxygens (including phenoxy) is 1. The van der Waals surface area contributed by atoms with Crippen LogP contribution in [-0.2, 0) is 0 Å². The molecule has 3 N–H and O–H groups in total. The Morgan fingerprint density at radius 1 is 1.31 bits per heavy atom. The first-order chi connectivity index (χ1) is 12.8. The number of aromatic hydroxyl groups is 1. The predicted octanol–water partition coefficient (Wildman–Crippen LogP) is 3.32. The molecule has 26 heavy (non-hydrogen) atoms. The fourth-order valence-electron chi connectivity index (χ4n) is 3.87. The van der Waals surface area contributed by atoms with Crippen molar-refractivity contribution in [2.45, 2.75) is 12.3 Å². The van der Waals surface area contributed by atoms with Gasteiger partial charge in [0.15, 0.2) is 0 Å². The van der Waals surface area contributed by atoms with E-state index in [1.54, 1.807) is 19.5 Å². The number of nitrogens with one attached hydrogen (secondary N) is 2. The summed E-state index contributed by atoms with van der Waals surface area (Å²) in [7, 11) is 1.60. The van der Waals surface area contributed by atoms with Crippen LogP contribution in [0.3, 0.4) is 0 Å². The highest BCUT2D eigenvalue weighted by Crippen LogP contribution is 2.45. The first-order valence-electron chi connectivity index (χ1n) is 8.51. The van der Waals surface area contributed by atoms with Gasteiger partial charge in [-0.2, -0.15) is 0 Å². The first kappa shape index (κ1) is 14.9. The molecule has 0 saturated carbocycles. The lowest BCUT2D eigenvalue weighted by molar-refractivity contribution is 0.405. The maximum absolute atomic E-state index is 10.5. The van der Waals surface area contributed by atoms with Crippen molar-refractivity contribution in [2.75, 3.05) is 7.11 Å². The number of hydrogen-bond acceptors (Lipinski definition) is 5. The summed E-state index contributed by atoms with van der Waals surface area (Å²) in [5, 5.41) is 12.5. The highest BCUT2D eigenvalue weighted by atomic mass is 16.5. The average Bonchev–Trinajstić information content (AvgIpc) is 3.03. The largest absolute Gasteiger partial charge is 0.508 e. The van der Waals surface area contributed by atoms with E-state index in [9.17, 15) is 5.11 Å². The molecule has 1 aromatic heterocycles. The van der Waals surface area contributed by atoms with Crippen LogP contribution < -0.4 is 10.2 Å². The number of fused-ring (bicyclic) bond motifs is 2. The van der Waals surface area contributed by atoms with Gasteiger partial charge in [-0.05, 0) is 18.6 Å². The second-order valence-corrected chi connectivity index (χ2v) is 6.47. The number of aromatic amines is 1. The van der Waals surface area contributed by atoms with E-state index in [1.807, 2.05) is 35.6 Å². The summed E-state index contributed by atoms with van der Waals surface area (Å²) < 4.78 is 5.21. The number of phenols is 1. The molecule has 0 amide bonds. The summed E-state index contributed by atoms with van der Waals surface area (Å²) in [5.74, 6) is 0.964. The monoisotopic (exact) mass is 346 g/mol. The van der Waals surface area contributed by atoms with E-state index < -0.39 is 0 Å². The molecule has 1 aromatic carbocycles. The van der Waals surface area contributed by atoms with Gasteiger partial charge in [0.1, 0.15) is 17.8 Å². The number of phenolic OH excluding ortho intramolecular Hbond substituents is 1. The number of benzene rings is 1. The van der Waals surface area contributed by atoms with Crippen LogP contribution in [0, 0.1) is 0 Å². The maximum atomic E-state index is 10.5. The minimum absolute atomic E-state index is 0.0609. The third kappa shape index (κ3) is 2.08. The quantitative estimate of drug-likeness (QED) is 0.780. The molecule has 1 unspecified atom stereocenters. The van der Waals surface area contributed by atoms with Crippen molar-refractivity contribution < 1.29 is 9.84 Å². The molecule has 3 aliphatic rings. The number of allylic oxidation sites excluding steroid dienone is 2. The van der Waals surface area contributed by atoms with Gasteiger partial charge in [-0.25, -0.2) is 4.99 Å². The van der Waals surface area contributed by atoms with Crippen LogP contribution in [0.25, 0.3) is 11.8 Å². The topological polar surface area (TPSA) is 72.9 Å². The van der Waals surface area contributed by atoms with Crippen molar-refractivity contribution in [3.05, 3.63) is 70.8 Å². The highest BCUT2D eigenvalue weighted by Gasteiger charge is 2.32. The zero-order valence-electron chi connectivity index (χ0n) is 14.2. The van der Waals surface area contributed by atoms with Crippen LogP contribution in [0.5, 0.6) is 11.5 Å². The number of rotatable bonds is 2. The normalized spacial score (nSPS) is 19.7. The molecule has 5 rings (SSSR count). The van der Waals surface area contributed by atoms with Crippen LogP contribution >= 0.6 is 0 Å². The predicted molar refractivity (Wildman–Crippen MR) is 100 cm³/mol. The van der Waals surface area contributed by atoms with Crippen molar-refractivity contribution in [3.8, 4) is 11.5 Å². The minimum atomic E-state index is 0.0609. The molecule has 2 aromatic rings. The van der Waals surface area contributed by atoms with Gasteiger partial charge in [0.25, 0.3) is 0 Å². The van der Waals surface area contributed by atoms with E-state index in [2.05, 4.69) is 27.6 Å². The van der Waals surface area contributed by atoms with Crippen molar-refractivity contribution >= 4 is 18.1 Å². The average molecular weight is 346 g/mol. The Kier molecular flexibility index (Phi) is 3.18. The Hall–Kier alpha value is -3.41. The molecular formula is C20H18N4O2. The summed E-state index contributed by atoms with van der Waals surface area (Å²) in [5.41, 5.74) is 9.58. The fraction of sp³-hybridized carbons (Fsp3) is 0.150. The Labute approximate surface area is 150 Å². The molecule has 0 radical (unpaired) electrons. The summed E-state index contributed by atoms with van der Waals surface area (Å²) in [6.45, 7) is 0. The van der Waals surface area contributed by atoms with Gasteiger partial charge in [0, 0.05) is 40.6 Å². The number of aromatic nitrogens is 1. The number of H-pyrrole nitrogens is 1. The standard InChI is InChI=1S/C20H18N4O2/c1-26-14-4-5-15(18(25)8-14)16-6-7-17-19-12(9-22-20(16)19)2-3-13-10-21-11-23-24(13)17/h2-5,7-11,16,22,25H,6H2,1H3,(H,21,23). The number of hydrogen-bond donors (Lipinski definition) is 3. The van der Waals surface area contributed by atoms with Gasteiger partial charge < -0.3 is 14.8 Å². The lowest BCUT2D eigenvalue weighted by atomic mass is 9.84. The van der Waals surface area contributed by atoms with Crippen LogP contribution in [-0.4, -0.2) is 28.5 Å². The molecule has 0 fully saturated rings. The van der Waals surface area contributed by atoms with Gasteiger partial charge in [-0.15, -0.1) is 0 Å². The molecule has 0 bridgehead atoms. The molecule has 1 atom stereocenters. The number of methoxy groups -OCH3 is 1. The second-order valence-electron chi connectivity index (χ2n) is 6.47. The van der Waals surface area contributed by atoms with Crippen molar-refractivity contribution in [1.82, 2.24) is 15.4 Å². The smallest absolute Gasteiger partial charge is 0.123 e. The molecular weight excluding hydrogens is 328 g/mol. The zero-order chi connectivity index (χ0) is 17.7. The lowest BCUT2D eigenvalue weighted by Crippen LogP contribution is -2.36. The minimum Gasteiger partial charge on any atom is -0.508 e. The van der Waals surface area contributed by atoms with E-state index >= 15 is 0 Å². The molecule has 6 nitrogen and oxygen atoms in total. The number of aliphatic imine (C=N–C) groups is 1. The van der Waals surface area contributed by atoms with Gasteiger partial charge in [-0.1, -0.05) is 18.2 Å². The molecule has 130 valence electrons. The van der Waals surface area contributed by atoms with Gasteiger partial charge >= 0.3 is 0 Å². The third-order valence-corrected chi connectivity index (χ3v) is 5.11. The Balaban J connectivity index is 1.62. The Bertz CT molecular complexity index is 1010. The van der Waals surface area contributed by atoms with Gasteiger partial charge in [-0.3, -0.25) is 10.4 Å². The molecule has 1 aliphatic carbocycles. The lowest BCUT2D eigenvalue weighted by Gasteiger charge is -2.32. The van der Waals surface area contributed by atoms with Crippen LogP contribution in [0.2, 0.25) is 0 Å².